The molecule has 1 aliphatic heterocycles. The minimum atomic E-state index is 0.249. The normalized spacial score (nSPS) is 25.4. The van der Waals surface area contributed by atoms with Crippen molar-refractivity contribution in [3.63, 3.8) is 0 Å². The third-order valence-corrected chi connectivity index (χ3v) is 5.50. The van der Waals surface area contributed by atoms with Crippen LogP contribution in [-0.4, -0.2) is 29.3 Å². The van der Waals surface area contributed by atoms with Gasteiger partial charge in [-0.2, -0.15) is 0 Å². The van der Waals surface area contributed by atoms with Crippen LogP contribution >= 0.6 is 27.3 Å². The maximum Gasteiger partial charge on any atom is 0.187 e. The Morgan fingerprint density at radius 2 is 2.35 bits per heavy atom. The molecule has 1 saturated heterocycles. The van der Waals surface area contributed by atoms with Crippen molar-refractivity contribution in [1.29, 1.82) is 0 Å². The monoisotopic (exact) mass is 315 g/mol. The van der Waals surface area contributed by atoms with Gasteiger partial charge in [0, 0.05) is 16.6 Å². The summed E-state index contributed by atoms with van der Waals surface area (Å²) in [7, 11) is 0. The Morgan fingerprint density at radius 3 is 2.94 bits per heavy atom. The Morgan fingerprint density at radius 1 is 1.59 bits per heavy atom. The number of halogens is 1. The zero-order valence-corrected chi connectivity index (χ0v) is 12.7. The summed E-state index contributed by atoms with van der Waals surface area (Å²) in [5.74, 6) is 0.249. The van der Waals surface area contributed by atoms with E-state index in [1.165, 1.54) is 24.2 Å². The van der Waals surface area contributed by atoms with Crippen LogP contribution in [0, 0.1) is 0 Å². The van der Waals surface area contributed by atoms with Crippen LogP contribution in [0.2, 0.25) is 0 Å². The molecule has 1 aromatic heterocycles. The summed E-state index contributed by atoms with van der Waals surface area (Å²) >= 11 is 4.96. The number of thiophene rings is 1. The van der Waals surface area contributed by atoms with Crippen LogP contribution in [0.3, 0.4) is 0 Å². The number of likely N-dealkylation sites (tertiary alicyclic amines) is 1. The standard InChI is InChI=1S/C13H18BrNOS/c1-3-10-5-4-9(2)15(10)8-12(16)13-11(14)6-7-17-13/h6-7,9-10H,3-5,8H2,1-2H3. The first kappa shape index (κ1) is 13.2. The van der Waals surface area contributed by atoms with E-state index < -0.39 is 0 Å². The molecule has 0 aliphatic carbocycles. The van der Waals surface area contributed by atoms with Crippen molar-refractivity contribution in [2.24, 2.45) is 0 Å². The predicted octanol–water partition coefficient (Wildman–Crippen LogP) is 3.96. The molecule has 1 aliphatic rings. The van der Waals surface area contributed by atoms with Crippen molar-refractivity contribution >= 4 is 33.0 Å². The average Bonchev–Trinajstić information content (AvgIpc) is 2.87. The lowest BCUT2D eigenvalue weighted by molar-refractivity contribution is 0.0892. The second-order valence-electron chi connectivity index (χ2n) is 4.68. The van der Waals surface area contributed by atoms with Crippen LogP contribution in [0.15, 0.2) is 15.9 Å². The average molecular weight is 316 g/mol. The lowest BCUT2D eigenvalue weighted by Gasteiger charge is -2.26. The zero-order valence-electron chi connectivity index (χ0n) is 10.3. The van der Waals surface area contributed by atoms with Gasteiger partial charge < -0.3 is 0 Å². The summed E-state index contributed by atoms with van der Waals surface area (Å²) in [4.78, 5) is 15.5. The molecule has 2 heterocycles. The predicted molar refractivity (Wildman–Crippen MR) is 75.8 cm³/mol. The molecule has 2 rings (SSSR count). The van der Waals surface area contributed by atoms with E-state index in [0.717, 1.165) is 15.8 Å². The largest absolute Gasteiger partial charge is 0.292 e. The number of carbonyl (C=O) groups excluding carboxylic acids is 1. The lowest BCUT2D eigenvalue weighted by atomic mass is 10.1. The van der Waals surface area contributed by atoms with E-state index in [0.29, 0.717) is 18.6 Å². The fourth-order valence-electron chi connectivity index (χ4n) is 2.58. The molecule has 2 atom stereocenters. The number of carbonyl (C=O) groups is 1. The summed E-state index contributed by atoms with van der Waals surface area (Å²) in [6.45, 7) is 5.01. The van der Waals surface area contributed by atoms with Gasteiger partial charge in [-0.3, -0.25) is 9.69 Å². The highest BCUT2D eigenvalue weighted by atomic mass is 79.9. The van der Waals surface area contributed by atoms with Crippen molar-refractivity contribution in [3.8, 4) is 0 Å². The summed E-state index contributed by atoms with van der Waals surface area (Å²) in [5, 5.41) is 1.96. The summed E-state index contributed by atoms with van der Waals surface area (Å²) in [5.41, 5.74) is 0. The molecule has 0 aromatic carbocycles. The van der Waals surface area contributed by atoms with Gasteiger partial charge in [-0.25, -0.2) is 0 Å². The quantitative estimate of drug-likeness (QED) is 0.784. The van der Waals surface area contributed by atoms with Crippen molar-refractivity contribution in [3.05, 3.63) is 20.8 Å². The highest BCUT2D eigenvalue weighted by molar-refractivity contribution is 9.10. The van der Waals surface area contributed by atoms with Gasteiger partial charge in [0.1, 0.15) is 0 Å². The molecule has 1 aromatic rings. The van der Waals surface area contributed by atoms with Gasteiger partial charge in [0.15, 0.2) is 5.78 Å². The molecule has 1 fully saturated rings. The van der Waals surface area contributed by atoms with E-state index in [2.05, 4.69) is 34.7 Å². The van der Waals surface area contributed by atoms with E-state index in [-0.39, 0.29) is 5.78 Å². The number of Topliss-reactive ketones (excluding diaryl/α,β-unsaturated/α-hetero) is 1. The molecule has 4 heteroatoms. The van der Waals surface area contributed by atoms with Gasteiger partial charge in [0.05, 0.1) is 11.4 Å². The molecule has 0 spiro atoms. The van der Waals surface area contributed by atoms with Crippen LogP contribution < -0.4 is 0 Å². The Hall–Kier alpha value is -0.190. The van der Waals surface area contributed by atoms with Crippen molar-refractivity contribution in [2.75, 3.05) is 6.54 Å². The maximum atomic E-state index is 12.2. The number of hydrogen-bond donors (Lipinski definition) is 0. The van der Waals surface area contributed by atoms with Gasteiger partial charge in [-0.05, 0) is 53.6 Å². The third kappa shape index (κ3) is 2.80. The first-order valence-corrected chi connectivity index (χ1v) is 7.82. The molecular formula is C13H18BrNOS. The van der Waals surface area contributed by atoms with Gasteiger partial charge in [0.25, 0.3) is 0 Å². The number of nitrogens with zero attached hydrogens (tertiary/aromatic N) is 1. The summed E-state index contributed by atoms with van der Waals surface area (Å²) < 4.78 is 0.937. The van der Waals surface area contributed by atoms with Crippen LogP contribution in [-0.2, 0) is 0 Å². The molecule has 0 saturated carbocycles. The van der Waals surface area contributed by atoms with Crippen LogP contribution in [0.25, 0.3) is 0 Å². The fraction of sp³-hybridized carbons (Fsp3) is 0.615. The first-order valence-electron chi connectivity index (χ1n) is 6.15. The maximum absolute atomic E-state index is 12.2. The highest BCUT2D eigenvalue weighted by Gasteiger charge is 2.31. The minimum absolute atomic E-state index is 0.249. The van der Waals surface area contributed by atoms with E-state index in [1.54, 1.807) is 0 Å². The Balaban J connectivity index is 2.05. The molecule has 17 heavy (non-hydrogen) atoms. The highest BCUT2D eigenvalue weighted by Crippen LogP contribution is 2.28. The SMILES string of the molecule is CCC1CCC(C)N1CC(=O)c1sccc1Br. The topological polar surface area (TPSA) is 20.3 Å². The Bertz CT molecular complexity index is 404. The summed E-state index contributed by atoms with van der Waals surface area (Å²) in [6, 6.07) is 3.08. The Kier molecular flexibility index (Phi) is 4.39. The Labute approximate surface area is 115 Å². The van der Waals surface area contributed by atoms with Gasteiger partial charge >= 0.3 is 0 Å². The zero-order chi connectivity index (χ0) is 12.4. The second-order valence-corrected chi connectivity index (χ2v) is 6.45. The molecule has 2 nitrogen and oxygen atoms in total. The number of rotatable bonds is 4. The molecule has 2 unspecified atom stereocenters. The van der Waals surface area contributed by atoms with E-state index in [9.17, 15) is 4.79 Å². The molecule has 0 radical (unpaired) electrons. The fourth-order valence-corrected chi connectivity index (χ4v) is 4.10. The molecule has 0 N–H and O–H groups in total. The second kappa shape index (κ2) is 5.63. The molecule has 94 valence electrons. The number of hydrogen-bond acceptors (Lipinski definition) is 3. The van der Waals surface area contributed by atoms with E-state index >= 15 is 0 Å². The van der Waals surface area contributed by atoms with Crippen molar-refractivity contribution in [2.45, 2.75) is 45.2 Å². The third-order valence-electron chi connectivity index (χ3n) is 3.62. The van der Waals surface area contributed by atoms with Crippen LogP contribution in [0.4, 0.5) is 0 Å². The number of ketones is 1. The summed E-state index contributed by atoms with van der Waals surface area (Å²) in [6.07, 6.45) is 3.59. The van der Waals surface area contributed by atoms with E-state index in [4.69, 9.17) is 0 Å². The molecule has 0 bridgehead atoms. The van der Waals surface area contributed by atoms with Crippen molar-refractivity contribution < 1.29 is 4.79 Å². The first-order chi connectivity index (χ1) is 8.13. The van der Waals surface area contributed by atoms with Crippen LogP contribution in [0.1, 0.15) is 42.8 Å². The lowest BCUT2D eigenvalue weighted by Crippen LogP contribution is -2.38. The molecular weight excluding hydrogens is 298 g/mol. The van der Waals surface area contributed by atoms with Gasteiger partial charge in [0.2, 0.25) is 0 Å². The van der Waals surface area contributed by atoms with Crippen LogP contribution in [0.5, 0.6) is 0 Å². The molecule has 0 amide bonds. The van der Waals surface area contributed by atoms with Crippen molar-refractivity contribution in [1.82, 2.24) is 4.90 Å². The van der Waals surface area contributed by atoms with Gasteiger partial charge in [-0.15, -0.1) is 11.3 Å². The minimum Gasteiger partial charge on any atom is -0.292 e. The van der Waals surface area contributed by atoms with Gasteiger partial charge in [-0.1, -0.05) is 6.92 Å². The smallest absolute Gasteiger partial charge is 0.187 e. The van der Waals surface area contributed by atoms with E-state index in [1.807, 2.05) is 11.4 Å².